The molecular formula is C25H23F3N6O. The number of anilines is 1. The van der Waals surface area contributed by atoms with Crippen LogP contribution in [-0.4, -0.2) is 30.7 Å². The van der Waals surface area contributed by atoms with E-state index in [0.29, 0.717) is 34.8 Å². The van der Waals surface area contributed by atoms with E-state index >= 15 is 0 Å². The number of carbonyl (C=O) groups is 1. The first-order valence-electron chi connectivity index (χ1n) is 10.9. The molecule has 0 aliphatic heterocycles. The molecule has 2 N–H and O–H groups in total. The minimum atomic E-state index is -4.49. The molecule has 0 radical (unpaired) electrons. The van der Waals surface area contributed by atoms with Gasteiger partial charge in [-0.15, -0.1) is 0 Å². The lowest BCUT2D eigenvalue weighted by molar-refractivity contribution is -0.137. The quantitative estimate of drug-likeness (QED) is 0.411. The van der Waals surface area contributed by atoms with E-state index in [1.165, 1.54) is 11.0 Å². The van der Waals surface area contributed by atoms with E-state index in [4.69, 9.17) is 5.73 Å². The van der Waals surface area contributed by atoms with Gasteiger partial charge >= 0.3 is 6.18 Å². The van der Waals surface area contributed by atoms with Crippen LogP contribution in [0.2, 0.25) is 0 Å². The zero-order valence-corrected chi connectivity index (χ0v) is 19.1. The van der Waals surface area contributed by atoms with E-state index in [-0.39, 0.29) is 12.5 Å². The molecular weight excluding hydrogens is 457 g/mol. The van der Waals surface area contributed by atoms with Crippen molar-refractivity contribution in [3.05, 3.63) is 89.3 Å². The predicted octanol–water partition coefficient (Wildman–Crippen LogP) is 5.12. The number of benzene rings is 1. The van der Waals surface area contributed by atoms with Crippen LogP contribution in [0.4, 0.5) is 19.0 Å². The van der Waals surface area contributed by atoms with Gasteiger partial charge in [0.2, 0.25) is 0 Å². The number of fused-ring (bicyclic) bond motifs is 1. The Morgan fingerprint density at radius 1 is 1.09 bits per heavy atom. The molecule has 0 saturated carbocycles. The predicted molar refractivity (Wildman–Crippen MR) is 125 cm³/mol. The molecule has 0 aliphatic carbocycles. The normalized spacial score (nSPS) is 12.5. The number of amides is 1. The molecule has 4 aromatic rings. The molecule has 1 aromatic carbocycles. The number of hydrogen-bond acceptors (Lipinski definition) is 6. The highest BCUT2D eigenvalue weighted by Gasteiger charge is 2.31. The van der Waals surface area contributed by atoms with Gasteiger partial charge in [-0.2, -0.15) is 13.2 Å². The molecule has 35 heavy (non-hydrogen) atoms. The highest BCUT2D eigenvalue weighted by Crippen LogP contribution is 2.30. The van der Waals surface area contributed by atoms with Crippen LogP contribution in [0.3, 0.4) is 0 Å². The molecule has 0 aliphatic rings. The Morgan fingerprint density at radius 2 is 1.83 bits per heavy atom. The average Bonchev–Trinajstić information content (AvgIpc) is 2.84. The first-order chi connectivity index (χ1) is 16.7. The van der Waals surface area contributed by atoms with Gasteiger partial charge in [0.15, 0.2) is 5.82 Å². The van der Waals surface area contributed by atoms with Gasteiger partial charge in [-0.25, -0.2) is 15.0 Å². The lowest BCUT2D eigenvalue weighted by atomic mass is 10.1. The third-order valence-corrected chi connectivity index (χ3v) is 5.68. The Morgan fingerprint density at radius 3 is 2.46 bits per heavy atom. The summed E-state index contributed by atoms with van der Waals surface area (Å²) in [4.78, 5) is 32.2. The average molecular weight is 480 g/mol. The second kappa shape index (κ2) is 9.65. The monoisotopic (exact) mass is 480 g/mol. The van der Waals surface area contributed by atoms with Crippen LogP contribution < -0.4 is 5.73 Å². The Bertz CT molecular complexity index is 1340. The van der Waals surface area contributed by atoms with E-state index in [1.807, 2.05) is 19.9 Å². The standard InChI is InChI=1S/C25H23F3N6O/c1-3-21(23-30-9-4-10-31-23)34(14-19-7-6-18(13-32-19)25(26,27)28)24(35)16-5-8-20-17(12-16)11-15(2)22(29)33-20/h4-13,21H,3,14H2,1-2H3,(H2,29,33)/t21-/m1/s1. The summed E-state index contributed by atoms with van der Waals surface area (Å²) in [7, 11) is 0. The Balaban J connectivity index is 1.74. The largest absolute Gasteiger partial charge is 0.417 e. The lowest BCUT2D eigenvalue weighted by Gasteiger charge is -2.30. The van der Waals surface area contributed by atoms with Gasteiger partial charge < -0.3 is 10.6 Å². The number of rotatable bonds is 6. The minimum absolute atomic E-state index is 0.0230. The number of nitrogen functional groups attached to an aromatic ring is 1. The Labute approximate surface area is 199 Å². The van der Waals surface area contributed by atoms with Gasteiger partial charge in [0.05, 0.1) is 29.4 Å². The number of aryl methyl sites for hydroxylation is 1. The van der Waals surface area contributed by atoms with Crippen LogP contribution in [0.1, 0.15) is 52.4 Å². The van der Waals surface area contributed by atoms with Gasteiger partial charge in [-0.3, -0.25) is 9.78 Å². The molecule has 0 spiro atoms. The fourth-order valence-corrected chi connectivity index (χ4v) is 3.80. The van der Waals surface area contributed by atoms with Gasteiger partial charge in [-0.1, -0.05) is 6.92 Å². The molecule has 1 atom stereocenters. The number of aromatic nitrogens is 4. The van der Waals surface area contributed by atoms with Gasteiger partial charge in [0.25, 0.3) is 5.91 Å². The van der Waals surface area contributed by atoms with Gasteiger partial charge in [0, 0.05) is 29.5 Å². The number of halogens is 3. The molecule has 7 nitrogen and oxygen atoms in total. The third kappa shape index (κ3) is 5.21. The number of nitrogens with two attached hydrogens (primary N) is 1. The molecule has 4 rings (SSSR count). The molecule has 1 amide bonds. The summed E-state index contributed by atoms with van der Waals surface area (Å²) in [6, 6.07) is 10.3. The molecule has 0 fully saturated rings. The molecule has 0 bridgehead atoms. The summed E-state index contributed by atoms with van der Waals surface area (Å²) in [6.07, 6.45) is -0.0721. The molecule has 10 heteroatoms. The maximum atomic E-state index is 13.8. The maximum absolute atomic E-state index is 13.8. The van der Waals surface area contributed by atoms with Crippen molar-refractivity contribution in [1.29, 1.82) is 0 Å². The number of hydrogen-bond donors (Lipinski definition) is 1. The molecule has 0 saturated heterocycles. The van der Waals surface area contributed by atoms with E-state index < -0.39 is 17.8 Å². The molecule has 3 aromatic heterocycles. The van der Waals surface area contributed by atoms with Crippen molar-refractivity contribution in [1.82, 2.24) is 24.8 Å². The van der Waals surface area contributed by atoms with Crippen molar-refractivity contribution < 1.29 is 18.0 Å². The van der Waals surface area contributed by atoms with E-state index in [1.54, 1.807) is 36.7 Å². The van der Waals surface area contributed by atoms with Gasteiger partial charge in [-0.05, 0) is 61.4 Å². The first kappa shape index (κ1) is 24.1. The summed E-state index contributed by atoms with van der Waals surface area (Å²) in [5.41, 5.74) is 7.19. The maximum Gasteiger partial charge on any atom is 0.417 e. The topological polar surface area (TPSA) is 97.9 Å². The van der Waals surface area contributed by atoms with Crippen LogP contribution in [0, 0.1) is 6.92 Å². The summed E-state index contributed by atoms with van der Waals surface area (Å²) < 4.78 is 38.9. The number of alkyl halides is 3. The van der Waals surface area contributed by atoms with Crippen molar-refractivity contribution in [2.24, 2.45) is 0 Å². The second-order valence-corrected chi connectivity index (χ2v) is 8.10. The summed E-state index contributed by atoms with van der Waals surface area (Å²) >= 11 is 0. The first-order valence-corrected chi connectivity index (χ1v) is 10.9. The molecule has 0 unspecified atom stereocenters. The SMILES string of the molecule is CC[C@H](c1ncccn1)N(Cc1ccc(C(F)(F)F)cn1)C(=O)c1ccc2nc(N)c(C)cc2c1. The number of carbonyl (C=O) groups excluding carboxylic acids is 1. The van der Waals surface area contributed by atoms with Crippen LogP contribution in [-0.2, 0) is 12.7 Å². The number of nitrogens with zero attached hydrogens (tertiary/aromatic N) is 5. The summed E-state index contributed by atoms with van der Waals surface area (Å²) in [6.45, 7) is 3.70. The van der Waals surface area contributed by atoms with E-state index in [0.717, 1.165) is 23.2 Å². The Kier molecular flexibility index (Phi) is 6.63. The zero-order chi connectivity index (χ0) is 25.2. The third-order valence-electron chi connectivity index (χ3n) is 5.68. The van der Waals surface area contributed by atoms with Crippen molar-refractivity contribution in [2.75, 3.05) is 5.73 Å². The fourth-order valence-electron chi connectivity index (χ4n) is 3.80. The highest BCUT2D eigenvalue weighted by molar-refractivity contribution is 5.98. The molecule has 180 valence electrons. The minimum Gasteiger partial charge on any atom is -0.383 e. The van der Waals surface area contributed by atoms with Gasteiger partial charge in [0.1, 0.15) is 5.82 Å². The van der Waals surface area contributed by atoms with E-state index in [2.05, 4.69) is 19.9 Å². The van der Waals surface area contributed by atoms with E-state index in [9.17, 15) is 18.0 Å². The number of pyridine rings is 2. The Hall–Kier alpha value is -4.08. The molecule has 3 heterocycles. The second-order valence-electron chi connectivity index (χ2n) is 8.10. The van der Waals surface area contributed by atoms with Crippen molar-refractivity contribution >= 4 is 22.6 Å². The zero-order valence-electron chi connectivity index (χ0n) is 19.1. The van der Waals surface area contributed by atoms with Crippen molar-refractivity contribution in [3.63, 3.8) is 0 Å². The van der Waals surface area contributed by atoms with Crippen LogP contribution in [0.5, 0.6) is 0 Å². The summed E-state index contributed by atoms with van der Waals surface area (Å²) in [5.74, 6) is 0.516. The van der Waals surface area contributed by atoms with Crippen LogP contribution in [0.15, 0.2) is 61.1 Å². The fraction of sp³-hybridized carbons (Fsp3) is 0.240. The lowest BCUT2D eigenvalue weighted by Crippen LogP contribution is -2.35. The summed E-state index contributed by atoms with van der Waals surface area (Å²) in [5, 5.41) is 0.749. The van der Waals surface area contributed by atoms with Crippen LogP contribution in [0.25, 0.3) is 10.9 Å². The van der Waals surface area contributed by atoms with Crippen molar-refractivity contribution in [2.45, 2.75) is 39.0 Å². The van der Waals surface area contributed by atoms with Crippen LogP contribution >= 0.6 is 0 Å². The highest BCUT2D eigenvalue weighted by atomic mass is 19.4. The smallest absolute Gasteiger partial charge is 0.383 e. The van der Waals surface area contributed by atoms with Crippen molar-refractivity contribution in [3.8, 4) is 0 Å².